The first-order chi connectivity index (χ1) is 9.13. The Morgan fingerprint density at radius 1 is 1.58 bits per heavy atom. The van der Waals surface area contributed by atoms with Gasteiger partial charge in [-0.1, -0.05) is 23.6 Å². The summed E-state index contributed by atoms with van der Waals surface area (Å²) in [6.07, 6.45) is 5.08. The fourth-order valence-electron chi connectivity index (χ4n) is 1.36. The highest BCUT2D eigenvalue weighted by atomic mass is 35.5. The van der Waals surface area contributed by atoms with Gasteiger partial charge in [-0.05, 0) is 18.2 Å². The Bertz CT molecular complexity index is 457. The van der Waals surface area contributed by atoms with Crippen LogP contribution in [0.15, 0.2) is 24.3 Å². The van der Waals surface area contributed by atoms with E-state index in [4.69, 9.17) is 22.8 Å². The summed E-state index contributed by atoms with van der Waals surface area (Å²) in [6, 6.07) is 7.15. The second-order valence-corrected chi connectivity index (χ2v) is 4.37. The third-order valence-corrected chi connectivity index (χ3v) is 2.66. The summed E-state index contributed by atoms with van der Waals surface area (Å²) in [4.78, 5) is 13.2. The van der Waals surface area contributed by atoms with Crippen LogP contribution in [0.5, 0.6) is 5.75 Å². The number of halogens is 1. The van der Waals surface area contributed by atoms with Crippen molar-refractivity contribution in [3.63, 3.8) is 0 Å². The summed E-state index contributed by atoms with van der Waals surface area (Å²) >= 11 is 5.84. The first kappa shape index (κ1) is 15.4. The molecule has 0 radical (unpaired) electrons. The average molecular weight is 281 g/mol. The van der Waals surface area contributed by atoms with Gasteiger partial charge in [0.1, 0.15) is 12.4 Å². The molecule has 19 heavy (non-hydrogen) atoms. The first-order valence-corrected chi connectivity index (χ1v) is 6.28. The number of benzene rings is 1. The van der Waals surface area contributed by atoms with Gasteiger partial charge in [-0.15, -0.1) is 6.42 Å². The number of nitrogens with zero attached hydrogens (tertiary/aromatic N) is 1. The third kappa shape index (κ3) is 6.14. The SMILES string of the molecule is C#CCNCC(=O)N(C)CCOc1cccc(Cl)c1. The van der Waals surface area contributed by atoms with Crippen molar-refractivity contribution in [3.05, 3.63) is 29.3 Å². The zero-order valence-corrected chi connectivity index (χ0v) is 11.6. The molecule has 0 aliphatic carbocycles. The van der Waals surface area contributed by atoms with Gasteiger partial charge in [0.25, 0.3) is 0 Å². The van der Waals surface area contributed by atoms with Crippen LogP contribution in [0.25, 0.3) is 0 Å². The lowest BCUT2D eigenvalue weighted by molar-refractivity contribution is -0.129. The number of amides is 1. The Hall–Kier alpha value is -1.70. The number of rotatable bonds is 7. The number of carbonyl (C=O) groups is 1. The molecule has 1 rings (SSSR count). The summed E-state index contributed by atoms with van der Waals surface area (Å²) in [7, 11) is 1.72. The molecule has 102 valence electrons. The van der Waals surface area contributed by atoms with E-state index < -0.39 is 0 Å². The van der Waals surface area contributed by atoms with Crippen LogP contribution in [-0.2, 0) is 4.79 Å². The zero-order chi connectivity index (χ0) is 14.1. The lowest BCUT2D eigenvalue weighted by atomic mass is 10.3. The Kier molecular flexibility index (Phi) is 6.80. The smallest absolute Gasteiger partial charge is 0.236 e. The van der Waals surface area contributed by atoms with E-state index in [1.54, 1.807) is 24.1 Å². The van der Waals surface area contributed by atoms with Gasteiger partial charge in [0, 0.05) is 12.1 Å². The van der Waals surface area contributed by atoms with Crippen LogP contribution in [0.1, 0.15) is 0 Å². The number of terminal acetylenes is 1. The minimum atomic E-state index is -0.0232. The van der Waals surface area contributed by atoms with Gasteiger partial charge in [-0.3, -0.25) is 10.1 Å². The Balaban J connectivity index is 2.25. The largest absolute Gasteiger partial charge is 0.492 e. The molecule has 4 nitrogen and oxygen atoms in total. The van der Waals surface area contributed by atoms with Crippen LogP contribution in [0.2, 0.25) is 5.02 Å². The van der Waals surface area contributed by atoms with Crippen molar-refractivity contribution in [2.24, 2.45) is 0 Å². The van der Waals surface area contributed by atoms with Crippen molar-refractivity contribution in [1.82, 2.24) is 10.2 Å². The molecule has 0 bridgehead atoms. The minimum absolute atomic E-state index is 0.0232. The highest BCUT2D eigenvalue weighted by molar-refractivity contribution is 6.30. The first-order valence-electron chi connectivity index (χ1n) is 5.90. The normalized spacial score (nSPS) is 9.74. The Morgan fingerprint density at radius 2 is 2.37 bits per heavy atom. The molecular formula is C14H17ClN2O2. The average Bonchev–Trinajstić information content (AvgIpc) is 2.39. The molecule has 1 amide bonds. The van der Waals surface area contributed by atoms with Crippen molar-refractivity contribution >= 4 is 17.5 Å². The number of hydrogen-bond acceptors (Lipinski definition) is 3. The maximum Gasteiger partial charge on any atom is 0.236 e. The van der Waals surface area contributed by atoms with Crippen molar-refractivity contribution in [2.75, 3.05) is 33.3 Å². The molecule has 1 N–H and O–H groups in total. The molecule has 0 fully saturated rings. The molecule has 5 heteroatoms. The molecule has 0 saturated carbocycles. The Morgan fingerprint density at radius 3 is 3.05 bits per heavy atom. The van der Waals surface area contributed by atoms with Crippen LogP contribution in [0.3, 0.4) is 0 Å². The summed E-state index contributed by atoms with van der Waals surface area (Å²) in [6.45, 7) is 1.54. The molecule has 0 aliphatic rings. The van der Waals surface area contributed by atoms with Crippen LogP contribution in [-0.4, -0.2) is 44.1 Å². The van der Waals surface area contributed by atoms with Gasteiger partial charge < -0.3 is 9.64 Å². The zero-order valence-electron chi connectivity index (χ0n) is 10.9. The van der Waals surface area contributed by atoms with Crippen molar-refractivity contribution in [3.8, 4) is 18.1 Å². The third-order valence-electron chi connectivity index (χ3n) is 2.42. The van der Waals surface area contributed by atoms with Crippen LogP contribution in [0, 0.1) is 12.3 Å². The maximum absolute atomic E-state index is 11.6. The summed E-state index contributed by atoms with van der Waals surface area (Å²) < 4.78 is 5.50. The fraction of sp³-hybridized carbons (Fsp3) is 0.357. The van der Waals surface area contributed by atoms with Crippen LogP contribution < -0.4 is 10.1 Å². The number of nitrogens with one attached hydrogen (secondary N) is 1. The van der Waals surface area contributed by atoms with E-state index in [0.29, 0.717) is 30.5 Å². The second kappa shape index (κ2) is 8.41. The lowest BCUT2D eigenvalue weighted by Crippen LogP contribution is -2.37. The quantitative estimate of drug-likeness (QED) is 0.606. The van der Waals surface area contributed by atoms with Crippen molar-refractivity contribution < 1.29 is 9.53 Å². The van der Waals surface area contributed by atoms with E-state index in [0.717, 1.165) is 0 Å². The number of carbonyl (C=O) groups excluding carboxylic acids is 1. The minimum Gasteiger partial charge on any atom is -0.492 e. The van der Waals surface area contributed by atoms with Gasteiger partial charge >= 0.3 is 0 Å². The molecule has 0 heterocycles. The van der Waals surface area contributed by atoms with Crippen LogP contribution >= 0.6 is 11.6 Å². The fourth-order valence-corrected chi connectivity index (χ4v) is 1.54. The highest BCUT2D eigenvalue weighted by Crippen LogP contribution is 2.16. The molecule has 0 unspecified atom stereocenters. The Labute approximate surface area is 118 Å². The molecule has 0 atom stereocenters. The van der Waals surface area contributed by atoms with Crippen molar-refractivity contribution in [1.29, 1.82) is 0 Å². The predicted molar refractivity (Wildman–Crippen MR) is 76.3 cm³/mol. The highest BCUT2D eigenvalue weighted by Gasteiger charge is 2.07. The predicted octanol–water partition coefficient (Wildman–Crippen LogP) is 1.40. The van der Waals surface area contributed by atoms with Gasteiger partial charge in [-0.2, -0.15) is 0 Å². The van der Waals surface area contributed by atoms with E-state index in [1.807, 2.05) is 12.1 Å². The molecule has 1 aromatic carbocycles. The lowest BCUT2D eigenvalue weighted by Gasteiger charge is -2.17. The van der Waals surface area contributed by atoms with E-state index in [1.165, 1.54) is 0 Å². The number of ether oxygens (including phenoxy) is 1. The van der Waals surface area contributed by atoms with Crippen molar-refractivity contribution in [2.45, 2.75) is 0 Å². The van der Waals surface area contributed by atoms with Gasteiger partial charge in [0.05, 0.1) is 19.6 Å². The van der Waals surface area contributed by atoms with Crippen LogP contribution in [0.4, 0.5) is 0 Å². The van der Waals surface area contributed by atoms with E-state index in [2.05, 4.69) is 11.2 Å². The summed E-state index contributed by atoms with van der Waals surface area (Å²) in [5.41, 5.74) is 0. The van der Waals surface area contributed by atoms with E-state index in [9.17, 15) is 4.79 Å². The summed E-state index contributed by atoms with van der Waals surface area (Å²) in [5, 5.41) is 3.47. The standard InChI is InChI=1S/C14H17ClN2O2/c1-3-7-16-11-14(18)17(2)8-9-19-13-6-4-5-12(15)10-13/h1,4-6,10,16H,7-9,11H2,2H3. The molecular weight excluding hydrogens is 264 g/mol. The van der Waals surface area contributed by atoms with Gasteiger partial charge in [-0.25, -0.2) is 0 Å². The molecule has 0 saturated heterocycles. The molecule has 0 spiro atoms. The topological polar surface area (TPSA) is 41.6 Å². The van der Waals surface area contributed by atoms with E-state index >= 15 is 0 Å². The molecule has 0 aromatic heterocycles. The maximum atomic E-state index is 11.6. The number of hydrogen-bond donors (Lipinski definition) is 1. The second-order valence-electron chi connectivity index (χ2n) is 3.93. The monoisotopic (exact) mass is 280 g/mol. The van der Waals surface area contributed by atoms with Gasteiger partial charge in [0.2, 0.25) is 5.91 Å². The van der Waals surface area contributed by atoms with Gasteiger partial charge in [0.15, 0.2) is 0 Å². The molecule has 1 aromatic rings. The number of likely N-dealkylation sites (N-methyl/N-ethyl adjacent to an activating group) is 1. The molecule has 0 aliphatic heterocycles. The van der Waals surface area contributed by atoms with E-state index in [-0.39, 0.29) is 12.5 Å². The summed E-state index contributed by atoms with van der Waals surface area (Å²) in [5.74, 6) is 3.08.